The quantitative estimate of drug-likeness (QED) is 0.327. The van der Waals surface area contributed by atoms with Crippen LogP contribution in [0.1, 0.15) is 47.3 Å². The third-order valence-electron chi connectivity index (χ3n) is 4.77. The van der Waals surface area contributed by atoms with Gasteiger partial charge in [-0.15, -0.1) is 28.1 Å². The van der Waals surface area contributed by atoms with E-state index in [1.54, 1.807) is 12.1 Å². The molecule has 10 heteroatoms. The minimum atomic E-state index is -0.355. The van der Waals surface area contributed by atoms with Crippen LogP contribution >= 0.6 is 23.1 Å². The molecule has 2 aromatic heterocycles. The van der Waals surface area contributed by atoms with Crippen molar-refractivity contribution in [1.82, 2.24) is 25.1 Å². The number of hydrogen-bond acceptors (Lipinski definition) is 7. The van der Waals surface area contributed by atoms with Gasteiger partial charge in [0, 0.05) is 17.5 Å². The van der Waals surface area contributed by atoms with E-state index in [0.717, 1.165) is 11.3 Å². The van der Waals surface area contributed by atoms with Gasteiger partial charge in [0.2, 0.25) is 5.91 Å². The van der Waals surface area contributed by atoms with E-state index >= 15 is 0 Å². The predicted octanol–water partition coefficient (Wildman–Crippen LogP) is 4.40. The van der Waals surface area contributed by atoms with Crippen LogP contribution in [0.3, 0.4) is 0 Å². The third-order valence-corrected chi connectivity index (χ3v) is 6.61. The molecule has 0 fully saturated rings. The van der Waals surface area contributed by atoms with Gasteiger partial charge in [0.15, 0.2) is 16.1 Å². The summed E-state index contributed by atoms with van der Waals surface area (Å²) in [6.07, 6.45) is 1.75. The van der Waals surface area contributed by atoms with E-state index in [9.17, 15) is 9.59 Å². The van der Waals surface area contributed by atoms with E-state index < -0.39 is 0 Å². The Kier molecular flexibility index (Phi) is 8.40. The smallest absolute Gasteiger partial charge is 0.251 e. The fraction of sp³-hybridized carbons (Fsp3) is 0.348. The summed E-state index contributed by atoms with van der Waals surface area (Å²) in [6.45, 7) is 12.2. The van der Waals surface area contributed by atoms with Gasteiger partial charge in [-0.1, -0.05) is 49.4 Å². The lowest BCUT2D eigenvalue weighted by Gasteiger charge is -2.22. The zero-order valence-corrected chi connectivity index (χ0v) is 20.8. The number of aryl methyl sites for hydroxylation is 2. The SMILES string of the molecule is C=CCn1c(SCC(=O)Nc2nc(C)cs2)nnc1[C@@H](NC(=O)c1cccc(C)c1)C(C)C. The number of amides is 2. The van der Waals surface area contributed by atoms with Gasteiger partial charge in [-0.05, 0) is 31.9 Å². The van der Waals surface area contributed by atoms with Crippen molar-refractivity contribution in [3.63, 3.8) is 0 Å². The van der Waals surface area contributed by atoms with Crippen LogP contribution in [0, 0.1) is 19.8 Å². The zero-order valence-electron chi connectivity index (χ0n) is 19.2. The Morgan fingerprint density at radius 2 is 2.06 bits per heavy atom. The van der Waals surface area contributed by atoms with Crippen LogP contribution in [0.25, 0.3) is 0 Å². The van der Waals surface area contributed by atoms with E-state index in [1.165, 1.54) is 23.1 Å². The second kappa shape index (κ2) is 11.2. The second-order valence-electron chi connectivity index (χ2n) is 7.94. The van der Waals surface area contributed by atoms with Crippen LogP contribution in [0.5, 0.6) is 0 Å². The molecule has 2 N–H and O–H groups in total. The van der Waals surface area contributed by atoms with Crippen LogP contribution in [-0.2, 0) is 11.3 Å². The number of allylic oxidation sites excluding steroid dienone is 1. The van der Waals surface area contributed by atoms with Gasteiger partial charge in [-0.25, -0.2) is 4.98 Å². The predicted molar refractivity (Wildman–Crippen MR) is 133 cm³/mol. The molecule has 0 unspecified atom stereocenters. The number of hydrogen-bond donors (Lipinski definition) is 2. The Labute approximate surface area is 201 Å². The van der Waals surface area contributed by atoms with Crippen molar-refractivity contribution in [3.8, 4) is 0 Å². The Bertz CT molecular complexity index is 1140. The van der Waals surface area contributed by atoms with Gasteiger partial charge in [0.25, 0.3) is 5.91 Å². The van der Waals surface area contributed by atoms with E-state index in [-0.39, 0.29) is 29.5 Å². The van der Waals surface area contributed by atoms with Gasteiger partial charge in [-0.3, -0.25) is 9.59 Å². The fourth-order valence-corrected chi connectivity index (χ4v) is 4.63. The van der Waals surface area contributed by atoms with Crippen molar-refractivity contribution >= 4 is 40.0 Å². The maximum Gasteiger partial charge on any atom is 0.251 e. The molecule has 0 bridgehead atoms. The molecule has 2 heterocycles. The summed E-state index contributed by atoms with van der Waals surface area (Å²) in [5.41, 5.74) is 2.48. The number of nitrogens with one attached hydrogen (secondary N) is 2. The average molecular weight is 485 g/mol. The standard InChI is InChI=1S/C23H28N6O2S2/c1-6-10-29-20(19(14(2)3)26-21(31)17-9-7-8-15(4)11-17)27-28-23(29)33-13-18(30)25-22-24-16(5)12-32-22/h6-9,11-12,14,19H,1,10,13H2,2-5H3,(H,26,31)(H,24,25,30)/t19-/m0/s1. The van der Waals surface area contributed by atoms with Crippen molar-refractivity contribution in [3.05, 3.63) is 64.9 Å². The minimum absolute atomic E-state index is 0.0702. The molecule has 0 saturated heterocycles. The normalized spacial score (nSPS) is 11.9. The van der Waals surface area contributed by atoms with E-state index in [1.807, 2.05) is 55.8 Å². The highest BCUT2D eigenvalue weighted by atomic mass is 32.2. The molecule has 0 aliphatic rings. The van der Waals surface area contributed by atoms with Crippen molar-refractivity contribution in [1.29, 1.82) is 0 Å². The van der Waals surface area contributed by atoms with Crippen LogP contribution in [-0.4, -0.2) is 37.3 Å². The first kappa shape index (κ1) is 24.7. The van der Waals surface area contributed by atoms with Crippen LogP contribution < -0.4 is 10.6 Å². The van der Waals surface area contributed by atoms with Crippen molar-refractivity contribution in [2.45, 2.75) is 45.4 Å². The number of aromatic nitrogens is 4. The topological polar surface area (TPSA) is 102 Å². The Morgan fingerprint density at radius 1 is 1.27 bits per heavy atom. The summed E-state index contributed by atoms with van der Waals surface area (Å²) in [6, 6.07) is 7.10. The van der Waals surface area contributed by atoms with E-state index in [4.69, 9.17) is 0 Å². The molecule has 0 aliphatic carbocycles. The number of carbonyl (C=O) groups excluding carboxylic acids is 2. The molecule has 0 saturated carbocycles. The third kappa shape index (κ3) is 6.52. The molecule has 2 amide bonds. The summed E-state index contributed by atoms with van der Waals surface area (Å²) >= 11 is 2.67. The number of rotatable bonds is 10. The first-order valence-electron chi connectivity index (χ1n) is 10.5. The molecule has 3 rings (SSSR count). The number of nitrogens with zero attached hydrogens (tertiary/aromatic N) is 4. The highest BCUT2D eigenvalue weighted by Crippen LogP contribution is 2.26. The number of anilines is 1. The summed E-state index contributed by atoms with van der Waals surface area (Å²) in [4.78, 5) is 29.5. The van der Waals surface area contributed by atoms with Gasteiger partial charge in [0.05, 0.1) is 17.5 Å². The molecule has 3 aromatic rings. The number of carbonyl (C=O) groups is 2. The van der Waals surface area contributed by atoms with Crippen LogP contribution in [0.2, 0.25) is 0 Å². The molecular weight excluding hydrogens is 456 g/mol. The Balaban J connectivity index is 1.75. The van der Waals surface area contributed by atoms with Crippen LogP contribution in [0.15, 0.2) is 47.5 Å². The molecule has 0 radical (unpaired) electrons. The molecule has 33 heavy (non-hydrogen) atoms. The fourth-order valence-electron chi connectivity index (χ4n) is 3.17. The lowest BCUT2D eigenvalue weighted by Crippen LogP contribution is -2.34. The van der Waals surface area contributed by atoms with Crippen molar-refractivity contribution in [2.75, 3.05) is 11.1 Å². The second-order valence-corrected chi connectivity index (χ2v) is 9.74. The minimum Gasteiger partial charge on any atom is -0.342 e. The van der Waals surface area contributed by atoms with Gasteiger partial charge in [-0.2, -0.15) is 0 Å². The first-order valence-corrected chi connectivity index (χ1v) is 12.4. The molecule has 0 spiro atoms. The molecule has 1 aromatic carbocycles. The highest BCUT2D eigenvalue weighted by Gasteiger charge is 2.26. The summed E-state index contributed by atoms with van der Waals surface area (Å²) in [5, 5.41) is 17.6. The average Bonchev–Trinajstić information content (AvgIpc) is 3.36. The molecular formula is C23H28N6O2S2. The zero-order chi connectivity index (χ0) is 24.0. The summed E-state index contributed by atoms with van der Waals surface area (Å²) in [7, 11) is 0. The number of thioether (sulfide) groups is 1. The number of benzene rings is 1. The lowest BCUT2D eigenvalue weighted by atomic mass is 10.0. The summed E-state index contributed by atoms with van der Waals surface area (Å²) < 4.78 is 1.89. The van der Waals surface area contributed by atoms with E-state index in [0.29, 0.717) is 28.2 Å². The lowest BCUT2D eigenvalue weighted by molar-refractivity contribution is -0.113. The van der Waals surface area contributed by atoms with Gasteiger partial charge < -0.3 is 15.2 Å². The molecule has 0 aliphatic heterocycles. The monoisotopic (exact) mass is 484 g/mol. The Morgan fingerprint density at radius 3 is 2.70 bits per heavy atom. The Hall–Kier alpha value is -2.98. The van der Waals surface area contributed by atoms with Crippen molar-refractivity contribution < 1.29 is 9.59 Å². The van der Waals surface area contributed by atoms with Gasteiger partial charge in [0.1, 0.15) is 0 Å². The maximum absolute atomic E-state index is 12.9. The first-order chi connectivity index (χ1) is 15.8. The van der Waals surface area contributed by atoms with Crippen molar-refractivity contribution in [2.24, 2.45) is 5.92 Å². The largest absolute Gasteiger partial charge is 0.342 e. The maximum atomic E-state index is 12.9. The summed E-state index contributed by atoms with van der Waals surface area (Å²) in [5.74, 6) is 0.524. The molecule has 174 valence electrons. The number of thiazole rings is 1. The van der Waals surface area contributed by atoms with E-state index in [2.05, 4.69) is 32.4 Å². The molecule has 8 nitrogen and oxygen atoms in total. The molecule has 1 atom stereocenters. The van der Waals surface area contributed by atoms with Crippen LogP contribution in [0.4, 0.5) is 5.13 Å². The highest BCUT2D eigenvalue weighted by molar-refractivity contribution is 7.99. The van der Waals surface area contributed by atoms with Gasteiger partial charge >= 0.3 is 0 Å².